The quantitative estimate of drug-likeness (QED) is 0.409. The van der Waals surface area contributed by atoms with Gasteiger partial charge < -0.3 is 10.1 Å². The van der Waals surface area contributed by atoms with E-state index in [4.69, 9.17) is 4.74 Å². The number of halogens is 5. The van der Waals surface area contributed by atoms with E-state index in [1.165, 1.54) is 31.1 Å². The number of alkyl halides is 4. The van der Waals surface area contributed by atoms with Crippen LogP contribution in [-0.4, -0.2) is 80.1 Å². The van der Waals surface area contributed by atoms with Crippen LogP contribution in [0, 0.1) is 5.82 Å². The van der Waals surface area contributed by atoms with Crippen molar-refractivity contribution in [1.29, 1.82) is 0 Å². The minimum Gasteiger partial charge on any atom is -0.479 e. The number of rotatable bonds is 6. The van der Waals surface area contributed by atoms with E-state index in [9.17, 15) is 17.6 Å². The molecule has 186 valence electrons. The molecule has 0 amide bonds. The average Bonchev–Trinajstić information content (AvgIpc) is 3.43. The smallest absolute Gasteiger partial charge is 0.281 e. The monoisotopic (exact) mass is 496 g/mol. The van der Waals surface area contributed by atoms with Gasteiger partial charge in [-0.3, -0.25) is 4.90 Å². The highest BCUT2D eigenvalue weighted by molar-refractivity contribution is 5.89. The van der Waals surface area contributed by atoms with Crippen molar-refractivity contribution in [2.75, 3.05) is 32.6 Å². The highest BCUT2D eigenvalue weighted by Gasteiger charge is 2.47. The van der Waals surface area contributed by atoms with Gasteiger partial charge >= 0.3 is 0 Å². The number of nitrogens with one attached hydrogen (secondary N) is 1. The summed E-state index contributed by atoms with van der Waals surface area (Å²) in [4.78, 5) is 5.66. The van der Waals surface area contributed by atoms with Crippen molar-refractivity contribution < 1.29 is 26.7 Å². The molecule has 5 rings (SSSR count). The van der Waals surface area contributed by atoms with Crippen molar-refractivity contribution in [3.8, 4) is 17.0 Å². The summed E-state index contributed by atoms with van der Waals surface area (Å²) in [6.45, 7) is 0.960. The summed E-state index contributed by atoms with van der Waals surface area (Å²) >= 11 is 0. The second-order valence-corrected chi connectivity index (χ2v) is 8.56. The minimum atomic E-state index is -3.00. The Morgan fingerprint density at radius 2 is 2.03 bits per heavy atom. The van der Waals surface area contributed by atoms with Gasteiger partial charge in [-0.2, -0.15) is 4.98 Å². The van der Waals surface area contributed by atoms with Crippen LogP contribution in [-0.2, 0) is 0 Å². The van der Waals surface area contributed by atoms with Crippen molar-refractivity contribution in [1.82, 2.24) is 34.5 Å². The van der Waals surface area contributed by atoms with Gasteiger partial charge in [0.2, 0.25) is 11.8 Å². The number of aromatic nitrogens is 6. The number of nitrogens with zero attached hydrogens (tertiary/aromatic N) is 7. The first-order valence-electron chi connectivity index (χ1n) is 10.7. The number of likely N-dealkylation sites (tertiary alicyclic amines) is 1. The molecule has 0 aliphatic carbocycles. The summed E-state index contributed by atoms with van der Waals surface area (Å²) in [7, 11) is 2.89. The summed E-state index contributed by atoms with van der Waals surface area (Å²) in [5.41, 5.74) is 1.18. The third-order valence-corrected chi connectivity index (χ3v) is 6.04. The third-order valence-electron chi connectivity index (χ3n) is 6.04. The molecule has 2 atom stereocenters. The van der Waals surface area contributed by atoms with Gasteiger partial charge in [-0.05, 0) is 31.7 Å². The summed E-state index contributed by atoms with van der Waals surface area (Å²) in [6.07, 6.45) is -1.61. The number of benzene rings is 1. The van der Waals surface area contributed by atoms with E-state index < -0.39 is 36.8 Å². The van der Waals surface area contributed by atoms with Crippen LogP contribution < -0.4 is 10.1 Å². The Labute approximate surface area is 195 Å². The van der Waals surface area contributed by atoms with E-state index in [1.54, 1.807) is 13.1 Å². The molecule has 1 N–H and O–H groups in total. The van der Waals surface area contributed by atoms with Crippen LogP contribution in [0.15, 0.2) is 24.4 Å². The Balaban J connectivity index is 1.60. The van der Waals surface area contributed by atoms with Crippen LogP contribution in [0.25, 0.3) is 27.7 Å². The lowest BCUT2D eigenvalue weighted by molar-refractivity contribution is 0.00582. The number of anilines is 1. The fraction of sp³-hybridized carbons (Fsp3) is 0.429. The van der Waals surface area contributed by atoms with Crippen molar-refractivity contribution in [2.24, 2.45) is 0 Å². The molecule has 1 saturated heterocycles. The third kappa shape index (κ3) is 3.90. The fourth-order valence-corrected chi connectivity index (χ4v) is 4.29. The van der Waals surface area contributed by atoms with Crippen LogP contribution >= 0.6 is 0 Å². The standard InChI is InChI=1S/C21H21F5N8O/c1-10(18(23)24)34-14-6-11(4-5-13(14)29-31-34)16-12(22)7-33-17(16)19(35-3)28-20(30-33)27-15-8-32(2)9-21(15,25)26/h4-7,10,15,18H,8-9H2,1-3H3,(H,27,30)/t10-,15+/m0/s1. The van der Waals surface area contributed by atoms with Crippen molar-refractivity contribution in [3.05, 3.63) is 30.2 Å². The van der Waals surface area contributed by atoms with Crippen LogP contribution in [0.3, 0.4) is 0 Å². The number of methoxy groups -OCH3 is 1. The van der Waals surface area contributed by atoms with Crippen LogP contribution in [0.2, 0.25) is 0 Å². The Morgan fingerprint density at radius 3 is 2.69 bits per heavy atom. The molecular formula is C21H21F5N8O. The van der Waals surface area contributed by atoms with E-state index in [-0.39, 0.29) is 29.5 Å². The lowest BCUT2D eigenvalue weighted by atomic mass is 10.1. The second-order valence-electron chi connectivity index (χ2n) is 8.56. The Morgan fingerprint density at radius 1 is 1.26 bits per heavy atom. The topological polar surface area (TPSA) is 85.4 Å². The molecule has 0 spiro atoms. The number of hydrogen-bond acceptors (Lipinski definition) is 7. The highest BCUT2D eigenvalue weighted by atomic mass is 19.3. The maximum atomic E-state index is 15.2. The van der Waals surface area contributed by atoms with Gasteiger partial charge in [-0.15, -0.1) is 10.2 Å². The number of hydrogen-bond donors (Lipinski definition) is 1. The molecule has 4 heterocycles. The molecule has 3 aromatic heterocycles. The predicted octanol–water partition coefficient (Wildman–Crippen LogP) is 3.48. The molecule has 4 aromatic rings. The maximum absolute atomic E-state index is 15.2. The average molecular weight is 496 g/mol. The number of likely N-dealkylation sites (N-methyl/N-ethyl adjacent to an activating group) is 1. The Bertz CT molecular complexity index is 1400. The molecule has 0 bridgehead atoms. The zero-order valence-electron chi connectivity index (χ0n) is 18.9. The van der Waals surface area contributed by atoms with Crippen LogP contribution in [0.5, 0.6) is 5.88 Å². The second kappa shape index (κ2) is 8.29. The van der Waals surface area contributed by atoms with Gasteiger partial charge in [0.05, 0.1) is 30.9 Å². The van der Waals surface area contributed by atoms with E-state index >= 15 is 4.39 Å². The predicted molar refractivity (Wildman–Crippen MR) is 117 cm³/mol. The molecule has 0 saturated carbocycles. The number of ether oxygens (including phenoxy) is 1. The van der Waals surface area contributed by atoms with Crippen molar-refractivity contribution >= 4 is 22.5 Å². The first kappa shape index (κ1) is 23.2. The van der Waals surface area contributed by atoms with E-state index in [1.807, 2.05) is 0 Å². The Hall–Kier alpha value is -3.55. The first-order valence-corrected chi connectivity index (χ1v) is 10.7. The summed E-state index contributed by atoms with van der Waals surface area (Å²) < 4.78 is 77.8. The van der Waals surface area contributed by atoms with Gasteiger partial charge in [-0.25, -0.2) is 31.1 Å². The molecule has 1 aliphatic heterocycles. The molecule has 1 fully saturated rings. The van der Waals surface area contributed by atoms with Crippen LogP contribution in [0.4, 0.5) is 27.9 Å². The molecule has 0 radical (unpaired) electrons. The van der Waals surface area contributed by atoms with Crippen LogP contribution in [0.1, 0.15) is 13.0 Å². The lowest BCUT2D eigenvalue weighted by Gasteiger charge is -2.19. The molecular weight excluding hydrogens is 475 g/mol. The van der Waals surface area contributed by atoms with Gasteiger partial charge in [0, 0.05) is 6.54 Å². The van der Waals surface area contributed by atoms with Crippen molar-refractivity contribution in [3.63, 3.8) is 0 Å². The van der Waals surface area contributed by atoms with Gasteiger partial charge in [-0.1, -0.05) is 11.3 Å². The van der Waals surface area contributed by atoms with E-state index in [2.05, 4.69) is 25.7 Å². The molecule has 9 nitrogen and oxygen atoms in total. The molecule has 1 aromatic carbocycles. The fourth-order valence-electron chi connectivity index (χ4n) is 4.29. The van der Waals surface area contributed by atoms with Crippen molar-refractivity contribution in [2.45, 2.75) is 31.4 Å². The molecule has 1 aliphatic rings. The lowest BCUT2D eigenvalue weighted by Crippen LogP contribution is -2.38. The summed E-state index contributed by atoms with van der Waals surface area (Å²) in [6, 6.07) is 2.12. The summed E-state index contributed by atoms with van der Waals surface area (Å²) in [5, 5.41) is 14.5. The van der Waals surface area contributed by atoms with Gasteiger partial charge in [0.1, 0.15) is 23.1 Å². The Kier molecular flexibility index (Phi) is 5.49. The zero-order valence-corrected chi connectivity index (χ0v) is 18.9. The normalized spacial score (nSPS) is 19.2. The molecule has 14 heteroatoms. The molecule has 0 unspecified atom stereocenters. The largest absolute Gasteiger partial charge is 0.479 e. The number of fused-ring (bicyclic) bond motifs is 2. The van der Waals surface area contributed by atoms with Gasteiger partial charge in [0.25, 0.3) is 12.3 Å². The minimum absolute atomic E-state index is 0.0521. The molecule has 35 heavy (non-hydrogen) atoms. The van der Waals surface area contributed by atoms with E-state index in [0.717, 1.165) is 15.4 Å². The highest BCUT2D eigenvalue weighted by Crippen LogP contribution is 2.36. The van der Waals surface area contributed by atoms with Gasteiger partial charge in [0.15, 0.2) is 5.82 Å². The maximum Gasteiger partial charge on any atom is 0.281 e. The first-order chi connectivity index (χ1) is 16.6. The van der Waals surface area contributed by atoms with E-state index in [0.29, 0.717) is 16.6 Å². The zero-order chi connectivity index (χ0) is 25.1. The SMILES string of the molecule is COc1nc(N[C@@H]2CN(C)CC2(F)F)nn2cc(F)c(-c3ccc4nnn([C@@H](C)C(F)F)c4c3)c12. The summed E-state index contributed by atoms with van der Waals surface area (Å²) in [5.74, 6) is -3.90.